The van der Waals surface area contributed by atoms with Crippen LogP contribution in [0.1, 0.15) is 0 Å². The number of hydrogen-bond acceptors (Lipinski definition) is 5. The molecule has 0 aromatic heterocycles. The number of non-ortho nitro benzene ring substituents is 1. The Kier molecular flexibility index (Phi) is 4.89. The van der Waals surface area contributed by atoms with Crippen LogP contribution in [-0.4, -0.2) is 34.8 Å². The molecule has 1 unspecified atom stereocenters. The molecule has 0 saturated carbocycles. The van der Waals surface area contributed by atoms with Crippen LogP contribution >= 0.6 is 0 Å². The fraction of sp³-hybridized carbons (Fsp3) is 0.400. The predicted octanol–water partition coefficient (Wildman–Crippen LogP) is 1.39. The zero-order chi connectivity index (χ0) is 12.8. The molecule has 0 aliphatic carbocycles. The molecule has 1 aromatic rings. The second-order valence-corrected chi connectivity index (χ2v) is 4.94. The van der Waals surface area contributed by atoms with E-state index in [2.05, 4.69) is 5.32 Å². The fourth-order valence-corrected chi connectivity index (χ4v) is 1.64. The summed E-state index contributed by atoms with van der Waals surface area (Å²) >= 11 is 0. The minimum absolute atomic E-state index is 0.0375. The molecule has 0 heterocycles. The highest BCUT2D eigenvalue weighted by molar-refractivity contribution is 7.84. The minimum Gasteiger partial charge on any atom is -0.496 e. The van der Waals surface area contributed by atoms with E-state index in [4.69, 9.17) is 4.74 Å². The maximum Gasteiger partial charge on any atom is 0.275 e. The van der Waals surface area contributed by atoms with Crippen LogP contribution in [0.25, 0.3) is 0 Å². The van der Waals surface area contributed by atoms with Gasteiger partial charge in [-0.25, -0.2) is 0 Å². The number of nitrogens with one attached hydrogen (secondary N) is 1. The first-order valence-corrected chi connectivity index (χ1v) is 6.63. The number of nitrogens with zero attached hydrogens (tertiary/aromatic N) is 1. The van der Waals surface area contributed by atoms with Gasteiger partial charge in [-0.3, -0.25) is 14.3 Å². The number of benzene rings is 1. The van der Waals surface area contributed by atoms with Crippen molar-refractivity contribution in [1.29, 1.82) is 0 Å². The maximum absolute atomic E-state index is 10.9. The lowest BCUT2D eigenvalue weighted by Crippen LogP contribution is -2.10. The molecule has 0 amide bonds. The van der Waals surface area contributed by atoms with E-state index in [1.54, 1.807) is 12.3 Å². The van der Waals surface area contributed by atoms with E-state index in [1.807, 2.05) is 0 Å². The van der Waals surface area contributed by atoms with Gasteiger partial charge in [0.2, 0.25) is 0 Å². The molecular formula is C10H14N2O4S. The van der Waals surface area contributed by atoms with Crippen LogP contribution in [0.2, 0.25) is 0 Å². The van der Waals surface area contributed by atoms with Crippen molar-refractivity contribution in [2.24, 2.45) is 0 Å². The van der Waals surface area contributed by atoms with Gasteiger partial charge in [-0.05, 0) is 0 Å². The molecule has 94 valence electrons. The monoisotopic (exact) mass is 258 g/mol. The molecule has 0 aliphatic heterocycles. The number of anilines is 1. The van der Waals surface area contributed by atoms with Crippen molar-refractivity contribution in [2.45, 2.75) is 0 Å². The van der Waals surface area contributed by atoms with Crippen molar-refractivity contribution in [2.75, 3.05) is 31.0 Å². The van der Waals surface area contributed by atoms with Gasteiger partial charge in [0, 0.05) is 47.2 Å². The number of ether oxygens (including phenoxy) is 1. The summed E-state index contributed by atoms with van der Waals surface area (Å²) in [5.41, 5.74) is 0.547. The van der Waals surface area contributed by atoms with E-state index < -0.39 is 15.7 Å². The minimum atomic E-state index is -0.888. The van der Waals surface area contributed by atoms with Gasteiger partial charge < -0.3 is 10.1 Å². The van der Waals surface area contributed by atoms with Gasteiger partial charge in [0.15, 0.2) is 0 Å². The average Bonchev–Trinajstić information content (AvgIpc) is 2.28. The van der Waals surface area contributed by atoms with Gasteiger partial charge in [-0.15, -0.1) is 0 Å². The molecule has 1 rings (SSSR count). The third kappa shape index (κ3) is 4.39. The Balaban J connectivity index is 2.80. The number of nitro benzene ring substituents is 1. The third-order valence-corrected chi connectivity index (χ3v) is 2.84. The summed E-state index contributed by atoms with van der Waals surface area (Å²) in [5.74, 6) is 0.907. The average molecular weight is 258 g/mol. The van der Waals surface area contributed by atoms with Crippen LogP contribution in [0.4, 0.5) is 11.4 Å². The molecule has 7 heteroatoms. The molecule has 1 aromatic carbocycles. The van der Waals surface area contributed by atoms with Crippen molar-refractivity contribution in [3.05, 3.63) is 28.3 Å². The lowest BCUT2D eigenvalue weighted by Gasteiger charge is -2.07. The third-order valence-electron chi connectivity index (χ3n) is 2.06. The number of hydrogen-bond donors (Lipinski definition) is 1. The number of methoxy groups -OCH3 is 1. The van der Waals surface area contributed by atoms with E-state index in [0.29, 0.717) is 23.7 Å². The Hall–Kier alpha value is -1.63. The van der Waals surface area contributed by atoms with Gasteiger partial charge in [0.1, 0.15) is 5.75 Å². The Labute approximate surface area is 102 Å². The lowest BCUT2D eigenvalue weighted by molar-refractivity contribution is -0.384. The Morgan fingerprint density at radius 1 is 1.47 bits per heavy atom. The van der Waals surface area contributed by atoms with Crippen molar-refractivity contribution in [3.63, 3.8) is 0 Å². The highest BCUT2D eigenvalue weighted by Crippen LogP contribution is 2.25. The molecule has 0 aliphatic rings. The molecule has 0 saturated heterocycles. The first-order chi connectivity index (χ1) is 8.02. The van der Waals surface area contributed by atoms with Crippen LogP contribution in [0.15, 0.2) is 18.2 Å². The summed E-state index contributed by atoms with van der Waals surface area (Å²) in [7, 11) is 0.560. The van der Waals surface area contributed by atoms with Gasteiger partial charge in [-0.2, -0.15) is 0 Å². The lowest BCUT2D eigenvalue weighted by atomic mass is 10.2. The van der Waals surface area contributed by atoms with Gasteiger partial charge in [0.25, 0.3) is 5.69 Å². The van der Waals surface area contributed by atoms with E-state index in [-0.39, 0.29) is 5.69 Å². The number of rotatable bonds is 6. The number of nitro groups is 1. The molecule has 1 atom stereocenters. The summed E-state index contributed by atoms with van der Waals surface area (Å²) in [6.45, 7) is 0.493. The van der Waals surface area contributed by atoms with Gasteiger partial charge in [-0.1, -0.05) is 0 Å². The zero-order valence-electron chi connectivity index (χ0n) is 9.63. The van der Waals surface area contributed by atoms with Crippen molar-refractivity contribution in [3.8, 4) is 5.75 Å². The van der Waals surface area contributed by atoms with E-state index in [1.165, 1.54) is 19.2 Å². The summed E-state index contributed by atoms with van der Waals surface area (Å²) in [4.78, 5) is 10.2. The first-order valence-electron chi connectivity index (χ1n) is 4.90. The smallest absolute Gasteiger partial charge is 0.275 e. The van der Waals surface area contributed by atoms with E-state index in [9.17, 15) is 14.3 Å². The highest BCUT2D eigenvalue weighted by atomic mass is 32.2. The van der Waals surface area contributed by atoms with E-state index >= 15 is 0 Å². The second-order valence-electron chi connectivity index (χ2n) is 3.38. The van der Waals surface area contributed by atoms with E-state index in [0.717, 1.165) is 0 Å². The molecule has 6 nitrogen and oxygen atoms in total. The first kappa shape index (κ1) is 13.4. The predicted molar refractivity (Wildman–Crippen MR) is 67.1 cm³/mol. The standard InChI is InChI=1S/C10H14N2O4S/c1-16-10-6-8(11-3-4-17(2)15)5-9(7-10)12(13)14/h5-7,11H,3-4H2,1-2H3. The molecular weight excluding hydrogens is 244 g/mol. The molecule has 0 bridgehead atoms. The van der Waals surface area contributed by atoms with Crippen molar-refractivity contribution < 1.29 is 13.9 Å². The van der Waals surface area contributed by atoms with Crippen molar-refractivity contribution in [1.82, 2.24) is 0 Å². The second kappa shape index (κ2) is 6.19. The zero-order valence-corrected chi connectivity index (χ0v) is 10.5. The molecule has 0 radical (unpaired) electrons. The Bertz CT molecular complexity index is 436. The van der Waals surface area contributed by atoms with Gasteiger partial charge in [0.05, 0.1) is 18.1 Å². The molecule has 0 spiro atoms. The van der Waals surface area contributed by atoms with Crippen LogP contribution in [0, 0.1) is 10.1 Å². The maximum atomic E-state index is 10.9. The summed E-state index contributed by atoms with van der Waals surface area (Å²) in [5, 5.41) is 13.6. The topological polar surface area (TPSA) is 81.5 Å². The SMILES string of the molecule is COc1cc(NCCS(C)=O)cc([N+](=O)[O-])c1. The van der Waals surface area contributed by atoms with Crippen molar-refractivity contribution >= 4 is 22.2 Å². The largest absolute Gasteiger partial charge is 0.496 e. The normalized spacial score (nSPS) is 11.9. The summed E-state index contributed by atoms with van der Waals surface area (Å²) < 4.78 is 15.8. The summed E-state index contributed by atoms with van der Waals surface area (Å²) in [6.07, 6.45) is 1.61. The highest BCUT2D eigenvalue weighted by Gasteiger charge is 2.09. The Morgan fingerprint density at radius 3 is 2.71 bits per heavy atom. The fourth-order valence-electron chi connectivity index (χ4n) is 1.25. The van der Waals surface area contributed by atoms with Crippen LogP contribution < -0.4 is 10.1 Å². The molecule has 0 fully saturated rings. The molecule has 1 N–H and O–H groups in total. The Morgan fingerprint density at radius 2 is 2.18 bits per heavy atom. The summed E-state index contributed by atoms with van der Waals surface area (Å²) in [6, 6.07) is 4.43. The van der Waals surface area contributed by atoms with Gasteiger partial charge >= 0.3 is 0 Å². The van der Waals surface area contributed by atoms with Crippen LogP contribution in [0.3, 0.4) is 0 Å². The molecule has 17 heavy (non-hydrogen) atoms. The van der Waals surface area contributed by atoms with Crippen LogP contribution in [0.5, 0.6) is 5.75 Å². The quantitative estimate of drug-likeness (QED) is 0.616. The van der Waals surface area contributed by atoms with Crippen LogP contribution in [-0.2, 0) is 10.8 Å².